The fraction of sp³-hybridized carbons (Fsp3) is 0.600. The van der Waals surface area contributed by atoms with Crippen LogP contribution in [0.5, 0.6) is 0 Å². The summed E-state index contributed by atoms with van der Waals surface area (Å²) in [4.78, 5) is 27.7. The van der Waals surface area contributed by atoms with Gasteiger partial charge in [0, 0.05) is 19.6 Å². The van der Waals surface area contributed by atoms with Crippen molar-refractivity contribution in [1.82, 2.24) is 9.80 Å². The van der Waals surface area contributed by atoms with Gasteiger partial charge in [-0.25, -0.2) is 0 Å². The minimum absolute atomic E-state index is 0.169. The van der Waals surface area contributed by atoms with E-state index in [1.54, 1.807) is 17.0 Å². The summed E-state index contributed by atoms with van der Waals surface area (Å²) < 4.78 is 10.5. The van der Waals surface area contributed by atoms with E-state index in [0.717, 1.165) is 19.6 Å². The second-order valence-corrected chi connectivity index (χ2v) is 5.53. The van der Waals surface area contributed by atoms with Gasteiger partial charge < -0.3 is 19.0 Å². The van der Waals surface area contributed by atoms with E-state index >= 15 is 0 Å². The number of carbonyl (C=O) groups excluding carboxylic acids is 2. The average Bonchev–Trinajstić information content (AvgIpc) is 2.96. The maximum Gasteiger partial charge on any atom is 0.307 e. The molecule has 0 saturated carbocycles. The molecule has 0 aliphatic heterocycles. The van der Waals surface area contributed by atoms with Crippen molar-refractivity contribution in [2.24, 2.45) is 0 Å². The second-order valence-electron chi connectivity index (χ2n) is 4.75. The number of hydrogen-bond acceptors (Lipinski definition) is 5. The van der Waals surface area contributed by atoms with Crippen LogP contribution in [0.1, 0.15) is 30.8 Å². The summed E-state index contributed by atoms with van der Waals surface area (Å²) in [5.74, 6) is -0.292. The lowest BCUT2D eigenvalue weighted by Crippen LogP contribution is -2.39. The van der Waals surface area contributed by atoms with Crippen LogP contribution < -0.4 is 0 Å². The van der Waals surface area contributed by atoms with E-state index in [-0.39, 0.29) is 24.1 Å². The molecule has 22 heavy (non-hydrogen) atoms. The molecular weight excluding hydrogens is 352 g/mol. The number of amides is 1. The van der Waals surface area contributed by atoms with Crippen molar-refractivity contribution in [3.8, 4) is 0 Å². The maximum atomic E-state index is 12.5. The Bertz CT molecular complexity index is 486. The highest BCUT2D eigenvalue weighted by Gasteiger charge is 2.20. The highest BCUT2D eigenvalue weighted by Crippen LogP contribution is 2.16. The summed E-state index contributed by atoms with van der Waals surface area (Å²) in [7, 11) is 1.34. The molecule has 6 nitrogen and oxygen atoms in total. The van der Waals surface area contributed by atoms with E-state index in [0.29, 0.717) is 17.8 Å². The molecule has 7 heteroatoms. The van der Waals surface area contributed by atoms with Crippen molar-refractivity contribution < 1.29 is 18.7 Å². The molecule has 0 aromatic carbocycles. The molecule has 0 bridgehead atoms. The summed E-state index contributed by atoms with van der Waals surface area (Å²) in [6, 6.07) is 3.30. The molecule has 124 valence electrons. The second kappa shape index (κ2) is 9.63. The number of furan rings is 1. The van der Waals surface area contributed by atoms with Gasteiger partial charge in [0.2, 0.25) is 0 Å². The summed E-state index contributed by atoms with van der Waals surface area (Å²) in [6.07, 6.45) is 0.169. The SMILES string of the molecule is CCN(CC)CCN(CCC(=O)OC)C(=O)c1ccc(Br)o1. The van der Waals surface area contributed by atoms with Crippen LogP contribution in [0.25, 0.3) is 0 Å². The highest BCUT2D eigenvalue weighted by molar-refractivity contribution is 9.10. The van der Waals surface area contributed by atoms with Crippen LogP contribution in [0.4, 0.5) is 0 Å². The van der Waals surface area contributed by atoms with E-state index < -0.39 is 0 Å². The van der Waals surface area contributed by atoms with Crippen LogP contribution in [0.2, 0.25) is 0 Å². The molecule has 0 aliphatic rings. The Balaban J connectivity index is 2.71. The number of ether oxygens (including phenoxy) is 1. The number of nitrogens with zero attached hydrogens (tertiary/aromatic N) is 2. The lowest BCUT2D eigenvalue weighted by molar-refractivity contribution is -0.140. The number of halogens is 1. The van der Waals surface area contributed by atoms with Gasteiger partial charge in [0.1, 0.15) is 0 Å². The van der Waals surface area contributed by atoms with E-state index in [1.165, 1.54) is 7.11 Å². The molecule has 1 aromatic rings. The number of hydrogen-bond donors (Lipinski definition) is 0. The van der Waals surface area contributed by atoms with Crippen LogP contribution >= 0.6 is 15.9 Å². The first-order valence-electron chi connectivity index (χ1n) is 7.35. The van der Waals surface area contributed by atoms with Gasteiger partial charge in [0.15, 0.2) is 10.4 Å². The lowest BCUT2D eigenvalue weighted by atomic mass is 10.3. The number of rotatable bonds is 9. The van der Waals surface area contributed by atoms with Crippen LogP contribution in [-0.2, 0) is 9.53 Å². The smallest absolute Gasteiger partial charge is 0.307 e. The summed E-state index contributed by atoms with van der Waals surface area (Å²) >= 11 is 3.19. The maximum absolute atomic E-state index is 12.5. The molecule has 0 aliphatic carbocycles. The zero-order chi connectivity index (χ0) is 16.5. The summed E-state index contributed by atoms with van der Waals surface area (Å²) in [6.45, 7) is 7.59. The van der Waals surface area contributed by atoms with E-state index in [1.807, 2.05) is 0 Å². The molecule has 1 heterocycles. The van der Waals surface area contributed by atoms with Gasteiger partial charge in [0.05, 0.1) is 13.5 Å². The van der Waals surface area contributed by atoms with E-state index in [9.17, 15) is 9.59 Å². The molecule has 0 atom stereocenters. The zero-order valence-corrected chi connectivity index (χ0v) is 14.9. The molecular formula is C15H23BrN2O4. The number of likely N-dealkylation sites (N-methyl/N-ethyl adjacent to an activating group) is 1. The van der Waals surface area contributed by atoms with Crippen LogP contribution in [0.3, 0.4) is 0 Å². The van der Waals surface area contributed by atoms with Gasteiger partial charge in [-0.05, 0) is 41.2 Å². The summed E-state index contributed by atoms with van der Waals surface area (Å²) in [5.41, 5.74) is 0. The Labute approximate surface area is 139 Å². The first-order valence-corrected chi connectivity index (χ1v) is 8.14. The number of methoxy groups -OCH3 is 1. The van der Waals surface area contributed by atoms with Crippen molar-refractivity contribution in [2.45, 2.75) is 20.3 Å². The Morgan fingerprint density at radius 3 is 2.36 bits per heavy atom. The first kappa shape index (κ1) is 18.7. The van der Waals surface area contributed by atoms with Crippen LogP contribution in [-0.4, -0.2) is 61.5 Å². The molecule has 0 unspecified atom stereocenters. The molecule has 0 radical (unpaired) electrons. The van der Waals surface area contributed by atoms with Gasteiger partial charge in [-0.2, -0.15) is 0 Å². The van der Waals surface area contributed by atoms with Crippen molar-refractivity contribution >= 4 is 27.8 Å². The molecule has 0 saturated heterocycles. The van der Waals surface area contributed by atoms with Gasteiger partial charge in [0.25, 0.3) is 5.91 Å². The largest absolute Gasteiger partial charge is 0.469 e. The van der Waals surface area contributed by atoms with Gasteiger partial charge >= 0.3 is 5.97 Å². The molecule has 1 amide bonds. The molecule has 0 N–H and O–H groups in total. The minimum atomic E-state index is -0.332. The third-order valence-electron chi connectivity index (χ3n) is 3.47. The first-order chi connectivity index (χ1) is 10.5. The number of carbonyl (C=O) groups is 2. The highest BCUT2D eigenvalue weighted by atomic mass is 79.9. The normalized spacial score (nSPS) is 10.8. The van der Waals surface area contributed by atoms with Crippen molar-refractivity contribution in [3.63, 3.8) is 0 Å². The predicted molar refractivity (Wildman–Crippen MR) is 86.7 cm³/mol. The van der Waals surface area contributed by atoms with Gasteiger partial charge in [-0.3, -0.25) is 9.59 Å². The Morgan fingerprint density at radius 1 is 1.18 bits per heavy atom. The molecule has 1 aromatic heterocycles. The zero-order valence-electron chi connectivity index (χ0n) is 13.3. The monoisotopic (exact) mass is 374 g/mol. The lowest BCUT2D eigenvalue weighted by Gasteiger charge is -2.25. The summed E-state index contributed by atoms with van der Waals surface area (Å²) in [5, 5.41) is 0. The van der Waals surface area contributed by atoms with Gasteiger partial charge in [-0.15, -0.1) is 0 Å². The van der Waals surface area contributed by atoms with Crippen LogP contribution in [0, 0.1) is 0 Å². The quantitative estimate of drug-likeness (QED) is 0.621. The van der Waals surface area contributed by atoms with Crippen LogP contribution in [0.15, 0.2) is 21.2 Å². The standard InChI is InChI=1S/C15H23BrN2O4/c1-4-17(5-2)10-11-18(9-8-14(19)21-3)15(20)12-6-7-13(16)22-12/h6-7H,4-5,8-11H2,1-3H3. The Morgan fingerprint density at radius 2 is 1.86 bits per heavy atom. The predicted octanol–water partition coefficient (Wildman–Crippen LogP) is 2.39. The number of esters is 1. The minimum Gasteiger partial charge on any atom is -0.469 e. The Hall–Kier alpha value is -1.34. The van der Waals surface area contributed by atoms with Crippen molar-refractivity contribution in [3.05, 3.63) is 22.6 Å². The topological polar surface area (TPSA) is 63.0 Å². The molecule has 0 spiro atoms. The Kier molecular flexibility index (Phi) is 8.19. The third kappa shape index (κ3) is 5.81. The molecule has 0 fully saturated rings. The fourth-order valence-corrected chi connectivity index (χ4v) is 2.34. The van der Waals surface area contributed by atoms with Crippen molar-refractivity contribution in [1.29, 1.82) is 0 Å². The molecule has 1 rings (SSSR count). The third-order valence-corrected chi connectivity index (χ3v) is 3.89. The van der Waals surface area contributed by atoms with E-state index in [4.69, 9.17) is 4.42 Å². The van der Waals surface area contributed by atoms with Gasteiger partial charge in [-0.1, -0.05) is 13.8 Å². The van der Waals surface area contributed by atoms with Crippen molar-refractivity contribution in [2.75, 3.05) is 39.8 Å². The fourth-order valence-electron chi connectivity index (χ4n) is 2.03. The average molecular weight is 375 g/mol. The van der Waals surface area contributed by atoms with E-state index in [2.05, 4.69) is 39.4 Å².